The van der Waals surface area contributed by atoms with E-state index in [0.29, 0.717) is 37.6 Å². The number of para-hydroxylation sites is 1. The molecule has 0 aliphatic carbocycles. The van der Waals surface area contributed by atoms with Gasteiger partial charge in [-0.2, -0.15) is 0 Å². The van der Waals surface area contributed by atoms with Crippen molar-refractivity contribution in [3.8, 4) is 11.3 Å². The Labute approximate surface area is 186 Å². The lowest BCUT2D eigenvalue weighted by molar-refractivity contribution is -0.384. The minimum absolute atomic E-state index is 0.0656. The van der Waals surface area contributed by atoms with Crippen LogP contribution in [0.25, 0.3) is 17.4 Å². The standard InChI is InChI=1S/C22H14N2O5S2/c1-13(25)14-6-8-15(9-7-14)23-21(26)20(31-22(23)30)12-16-10-11-19(29-16)17-4-2-3-5-18(17)24(27)28/h2-12H,1H3. The van der Waals surface area contributed by atoms with E-state index in [9.17, 15) is 19.7 Å². The summed E-state index contributed by atoms with van der Waals surface area (Å²) in [4.78, 5) is 36.9. The van der Waals surface area contributed by atoms with Crippen molar-refractivity contribution >= 4 is 57.4 Å². The van der Waals surface area contributed by atoms with Crippen LogP contribution in [0.3, 0.4) is 0 Å². The van der Waals surface area contributed by atoms with Crippen molar-refractivity contribution in [3.05, 3.63) is 87.0 Å². The summed E-state index contributed by atoms with van der Waals surface area (Å²) in [5.41, 5.74) is 1.40. The first-order valence-electron chi connectivity index (χ1n) is 9.08. The van der Waals surface area contributed by atoms with E-state index in [-0.39, 0.29) is 17.4 Å². The molecule has 0 bridgehead atoms. The zero-order valence-corrected chi connectivity index (χ0v) is 17.7. The molecule has 1 aromatic heterocycles. The highest BCUT2D eigenvalue weighted by atomic mass is 32.2. The van der Waals surface area contributed by atoms with Crippen LogP contribution in [-0.2, 0) is 4.79 Å². The molecule has 0 N–H and O–H groups in total. The molecule has 4 rings (SSSR count). The molecular weight excluding hydrogens is 436 g/mol. The van der Waals surface area contributed by atoms with E-state index in [1.54, 1.807) is 60.7 Å². The number of carbonyl (C=O) groups is 2. The zero-order chi connectivity index (χ0) is 22.1. The van der Waals surface area contributed by atoms with Gasteiger partial charge in [0.1, 0.15) is 11.5 Å². The zero-order valence-electron chi connectivity index (χ0n) is 16.1. The number of nitro groups is 1. The number of hydrogen-bond donors (Lipinski definition) is 0. The third-order valence-electron chi connectivity index (χ3n) is 4.59. The van der Waals surface area contributed by atoms with Crippen LogP contribution in [0.2, 0.25) is 0 Å². The highest BCUT2D eigenvalue weighted by Gasteiger charge is 2.33. The normalized spacial score (nSPS) is 15.0. The average molecular weight is 450 g/mol. The first-order chi connectivity index (χ1) is 14.8. The largest absolute Gasteiger partial charge is 0.456 e. The third kappa shape index (κ3) is 4.05. The number of hydrogen-bond acceptors (Lipinski definition) is 7. The molecule has 0 saturated carbocycles. The summed E-state index contributed by atoms with van der Waals surface area (Å²) in [6.07, 6.45) is 1.56. The summed E-state index contributed by atoms with van der Waals surface area (Å²) in [7, 11) is 0. The fourth-order valence-electron chi connectivity index (χ4n) is 3.08. The molecule has 0 spiro atoms. The molecule has 9 heteroatoms. The number of thioether (sulfide) groups is 1. The Hall–Kier alpha value is -3.56. The predicted molar refractivity (Wildman–Crippen MR) is 123 cm³/mol. The molecule has 2 aromatic carbocycles. The summed E-state index contributed by atoms with van der Waals surface area (Å²) >= 11 is 6.49. The fourth-order valence-corrected chi connectivity index (χ4v) is 4.36. The minimum atomic E-state index is -0.472. The number of nitro benzene ring substituents is 1. The maximum atomic E-state index is 12.9. The molecule has 3 aromatic rings. The van der Waals surface area contributed by atoms with Crippen LogP contribution in [0.1, 0.15) is 23.0 Å². The Balaban J connectivity index is 1.61. The molecule has 2 heterocycles. The maximum Gasteiger partial charge on any atom is 0.280 e. The van der Waals surface area contributed by atoms with Gasteiger partial charge in [-0.25, -0.2) is 0 Å². The van der Waals surface area contributed by atoms with Gasteiger partial charge in [-0.1, -0.05) is 36.1 Å². The fraction of sp³-hybridized carbons (Fsp3) is 0.0455. The quantitative estimate of drug-likeness (QED) is 0.167. The van der Waals surface area contributed by atoms with Crippen molar-refractivity contribution in [2.24, 2.45) is 0 Å². The van der Waals surface area contributed by atoms with Crippen molar-refractivity contribution in [1.29, 1.82) is 0 Å². The van der Waals surface area contributed by atoms with Gasteiger partial charge in [-0.05, 0) is 49.4 Å². The molecule has 0 unspecified atom stereocenters. The number of rotatable bonds is 5. The van der Waals surface area contributed by atoms with Crippen LogP contribution in [0, 0.1) is 10.1 Å². The van der Waals surface area contributed by atoms with Gasteiger partial charge in [0, 0.05) is 17.7 Å². The summed E-state index contributed by atoms with van der Waals surface area (Å²) in [6, 6.07) is 16.2. The summed E-state index contributed by atoms with van der Waals surface area (Å²) < 4.78 is 6.10. The molecule has 31 heavy (non-hydrogen) atoms. The van der Waals surface area contributed by atoms with Gasteiger partial charge >= 0.3 is 0 Å². The number of Topliss-reactive ketones (excluding diaryl/α,β-unsaturated/α-hetero) is 1. The molecule has 1 amide bonds. The Morgan fingerprint density at radius 1 is 1.13 bits per heavy atom. The monoisotopic (exact) mass is 450 g/mol. The van der Waals surface area contributed by atoms with Crippen molar-refractivity contribution in [2.75, 3.05) is 4.90 Å². The molecule has 1 saturated heterocycles. The van der Waals surface area contributed by atoms with Crippen molar-refractivity contribution < 1.29 is 18.9 Å². The summed E-state index contributed by atoms with van der Waals surface area (Å²) in [5.74, 6) is 0.327. The number of benzene rings is 2. The van der Waals surface area contributed by atoms with Gasteiger partial charge in [-0.3, -0.25) is 24.6 Å². The predicted octanol–water partition coefficient (Wildman–Crippen LogP) is 5.46. The molecular formula is C22H14N2O5S2. The van der Waals surface area contributed by atoms with Gasteiger partial charge in [-0.15, -0.1) is 0 Å². The third-order valence-corrected chi connectivity index (χ3v) is 5.89. The van der Waals surface area contributed by atoms with Crippen LogP contribution in [-0.4, -0.2) is 20.9 Å². The Morgan fingerprint density at radius 2 is 1.84 bits per heavy atom. The smallest absolute Gasteiger partial charge is 0.280 e. The maximum absolute atomic E-state index is 12.9. The number of nitrogens with zero attached hydrogens (tertiary/aromatic N) is 2. The molecule has 154 valence electrons. The van der Waals surface area contributed by atoms with Crippen LogP contribution in [0.4, 0.5) is 11.4 Å². The van der Waals surface area contributed by atoms with E-state index in [0.717, 1.165) is 11.8 Å². The van der Waals surface area contributed by atoms with Gasteiger partial charge in [0.25, 0.3) is 11.6 Å². The van der Waals surface area contributed by atoms with E-state index >= 15 is 0 Å². The molecule has 1 fully saturated rings. The number of furan rings is 1. The average Bonchev–Trinajstić information content (AvgIpc) is 3.32. The van der Waals surface area contributed by atoms with Gasteiger partial charge in [0.2, 0.25) is 0 Å². The van der Waals surface area contributed by atoms with Crippen molar-refractivity contribution in [3.63, 3.8) is 0 Å². The van der Waals surface area contributed by atoms with Gasteiger partial charge in [0.15, 0.2) is 10.1 Å². The first kappa shape index (κ1) is 20.7. The van der Waals surface area contributed by atoms with Crippen molar-refractivity contribution in [1.82, 2.24) is 0 Å². The second kappa shape index (κ2) is 8.29. The SMILES string of the molecule is CC(=O)c1ccc(N2C(=O)C(=Cc3ccc(-c4ccccc4[N+](=O)[O-])o3)SC2=S)cc1. The van der Waals surface area contributed by atoms with E-state index in [2.05, 4.69) is 0 Å². The second-order valence-electron chi connectivity index (χ2n) is 6.60. The second-order valence-corrected chi connectivity index (χ2v) is 8.27. The molecule has 1 aliphatic heterocycles. The number of amides is 1. The number of carbonyl (C=O) groups excluding carboxylic acids is 2. The Kier molecular flexibility index (Phi) is 5.53. The van der Waals surface area contributed by atoms with Crippen LogP contribution >= 0.6 is 24.0 Å². The lowest BCUT2D eigenvalue weighted by Gasteiger charge is -2.14. The molecule has 0 radical (unpaired) electrons. The number of anilines is 1. The molecule has 0 atom stereocenters. The van der Waals surface area contributed by atoms with E-state index in [1.807, 2.05) is 0 Å². The van der Waals surface area contributed by atoms with Crippen molar-refractivity contribution in [2.45, 2.75) is 6.92 Å². The molecule has 1 aliphatic rings. The number of ketones is 1. The van der Waals surface area contributed by atoms with Crippen LogP contribution in [0.5, 0.6) is 0 Å². The van der Waals surface area contributed by atoms with E-state index in [1.165, 1.54) is 17.9 Å². The van der Waals surface area contributed by atoms with E-state index in [4.69, 9.17) is 16.6 Å². The molecule has 7 nitrogen and oxygen atoms in total. The lowest BCUT2D eigenvalue weighted by atomic mass is 10.1. The first-order valence-corrected chi connectivity index (χ1v) is 10.3. The summed E-state index contributed by atoms with van der Waals surface area (Å²) in [6.45, 7) is 1.47. The highest BCUT2D eigenvalue weighted by molar-refractivity contribution is 8.27. The Bertz CT molecular complexity index is 1260. The van der Waals surface area contributed by atoms with Gasteiger partial charge in [0.05, 0.1) is 21.1 Å². The van der Waals surface area contributed by atoms with E-state index < -0.39 is 4.92 Å². The summed E-state index contributed by atoms with van der Waals surface area (Å²) in [5, 5.41) is 11.3. The topological polar surface area (TPSA) is 93.7 Å². The van der Waals surface area contributed by atoms with Crippen LogP contribution < -0.4 is 4.90 Å². The minimum Gasteiger partial charge on any atom is -0.456 e. The number of thiocarbonyl (C=S) groups is 1. The van der Waals surface area contributed by atoms with Gasteiger partial charge < -0.3 is 4.42 Å². The Morgan fingerprint density at radius 3 is 2.52 bits per heavy atom. The lowest BCUT2D eigenvalue weighted by Crippen LogP contribution is -2.27. The highest BCUT2D eigenvalue weighted by Crippen LogP contribution is 2.37. The van der Waals surface area contributed by atoms with Crippen LogP contribution in [0.15, 0.2) is 70.0 Å².